The molecule has 0 heterocycles. The predicted molar refractivity (Wildman–Crippen MR) is 81.1 cm³/mol. The number of nitrogen functional groups attached to an aromatic ring is 1. The van der Waals surface area contributed by atoms with Crippen LogP contribution in [0.2, 0.25) is 0 Å². The largest absolute Gasteiger partial charge is 0.398 e. The Balaban J connectivity index is 1.80. The number of thioether (sulfide) groups is 1. The van der Waals surface area contributed by atoms with E-state index in [-0.39, 0.29) is 0 Å². The van der Waals surface area contributed by atoms with Gasteiger partial charge in [0.25, 0.3) is 0 Å². The minimum atomic E-state index is 0.894. The molecule has 0 atom stereocenters. The highest BCUT2D eigenvalue weighted by molar-refractivity contribution is 7.99. The maximum absolute atomic E-state index is 5.96. The summed E-state index contributed by atoms with van der Waals surface area (Å²) in [4.78, 5) is 1.21. The molecule has 0 spiro atoms. The van der Waals surface area contributed by atoms with Crippen LogP contribution in [0.5, 0.6) is 0 Å². The topological polar surface area (TPSA) is 26.0 Å². The van der Waals surface area contributed by atoms with E-state index in [1.54, 1.807) is 0 Å². The Morgan fingerprint density at radius 3 is 2.61 bits per heavy atom. The molecule has 0 unspecified atom stereocenters. The molecule has 18 heavy (non-hydrogen) atoms. The van der Waals surface area contributed by atoms with Crippen LogP contribution in [0.25, 0.3) is 0 Å². The van der Waals surface area contributed by atoms with E-state index in [4.69, 9.17) is 5.73 Å². The van der Waals surface area contributed by atoms with E-state index in [1.165, 1.54) is 22.4 Å². The van der Waals surface area contributed by atoms with E-state index in [0.717, 1.165) is 17.9 Å². The number of rotatable bonds is 5. The van der Waals surface area contributed by atoms with Gasteiger partial charge in [-0.1, -0.05) is 36.4 Å². The van der Waals surface area contributed by atoms with Gasteiger partial charge in [-0.15, -0.1) is 11.8 Å². The standard InChI is InChI=1S/C16H19NS/c1-13-9-10-15(17)16(12-13)18-11-5-8-14-6-3-2-4-7-14/h2-4,6-7,9-10,12H,5,8,11,17H2,1H3. The van der Waals surface area contributed by atoms with Crippen LogP contribution in [0.15, 0.2) is 53.4 Å². The zero-order chi connectivity index (χ0) is 12.8. The summed E-state index contributed by atoms with van der Waals surface area (Å²) >= 11 is 1.86. The van der Waals surface area contributed by atoms with Gasteiger partial charge in [-0.05, 0) is 48.8 Å². The van der Waals surface area contributed by atoms with Crippen molar-refractivity contribution in [2.75, 3.05) is 11.5 Å². The van der Waals surface area contributed by atoms with Gasteiger partial charge in [0, 0.05) is 10.6 Å². The summed E-state index contributed by atoms with van der Waals surface area (Å²) in [5.41, 5.74) is 9.54. The van der Waals surface area contributed by atoms with Crippen LogP contribution in [0, 0.1) is 6.92 Å². The minimum absolute atomic E-state index is 0.894. The van der Waals surface area contributed by atoms with Crippen LogP contribution in [0.4, 0.5) is 5.69 Å². The van der Waals surface area contributed by atoms with Crippen molar-refractivity contribution in [1.29, 1.82) is 0 Å². The summed E-state index contributed by atoms with van der Waals surface area (Å²) in [6.45, 7) is 2.10. The molecule has 2 rings (SSSR count). The van der Waals surface area contributed by atoms with Gasteiger partial charge in [0.1, 0.15) is 0 Å². The second kappa shape index (κ2) is 6.50. The molecule has 1 nitrogen and oxygen atoms in total. The Hall–Kier alpha value is -1.41. The quantitative estimate of drug-likeness (QED) is 0.491. The molecular formula is C16H19NS. The molecule has 0 aromatic heterocycles. The number of aryl methyl sites for hydroxylation is 2. The fourth-order valence-corrected chi connectivity index (χ4v) is 2.88. The lowest BCUT2D eigenvalue weighted by Gasteiger charge is -2.06. The first kappa shape index (κ1) is 13.0. The van der Waals surface area contributed by atoms with Crippen molar-refractivity contribution in [2.24, 2.45) is 0 Å². The summed E-state index contributed by atoms with van der Waals surface area (Å²) in [5.74, 6) is 1.11. The van der Waals surface area contributed by atoms with E-state index in [2.05, 4.69) is 49.4 Å². The molecular weight excluding hydrogens is 238 g/mol. The van der Waals surface area contributed by atoms with Gasteiger partial charge in [-0.3, -0.25) is 0 Å². The highest BCUT2D eigenvalue weighted by atomic mass is 32.2. The molecule has 2 aromatic carbocycles. The Bertz CT molecular complexity index is 494. The van der Waals surface area contributed by atoms with Crippen LogP contribution < -0.4 is 5.73 Å². The lowest BCUT2D eigenvalue weighted by Crippen LogP contribution is -1.91. The van der Waals surface area contributed by atoms with Crippen molar-refractivity contribution in [2.45, 2.75) is 24.7 Å². The van der Waals surface area contributed by atoms with Crippen molar-refractivity contribution in [1.82, 2.24) is 0 Å². The Kier molecular flexibility index (Phi) is 4.71. The molecule has 0 saturated carbocycles. The van der Waals surface area contributed by atoms with Crippen molar-refractivity contribution in [3.63, 3.8) is 0 Å². The van der Waals surface area contributed by atoms with Gasteiger partial charge in [0.05, 0.1) is 0 Å². The van der Waals surface area contributed by atoms with Crippen LogP contribution in [-0.4, -0.2) is 5.75 Å². The molecule has 0 aliphatic heterocycles. The van der Waals surface area contributed by atoms with E-state index >= 15 is 0 Å². The molecule has 0 bridgehead atoms. The van der Waals surface area contributed by atoms with E-state index in [1.807, 2.05) is 17.8 Å². The average molecular weight is 257 g/mol. The molecule has 0 aliphatic rings. The van der Waals surface area contributed by atoms with Gasteiger partial charge in [0.2, 0.25) is 0 Å². The molecule has 0 amide bonds. The first-order chi connectivity index (χ1) is 8.75. The monoisotopic (exact) mass is 257 g/mol. The van der Waals surface area contributed by atoms with E-state index in [9.17, 15) is 0 Å². The molecule has 2 heteroatoms. The van der Waals surface area contributed by atoms with Gasteiger partial charge in [-0.2, -0.15) is 0 Å². The zero-order valence-electron chi connectivity index (χ0n) is 10.7. The second-order valence-corrected chi connectivity index (χ2v) is 5.62. The summed E-state index contributed by atoms with van der Waals surface area (Å²) in [6, 6.07) is 16.9. The molecule has 0 saturated heterocycles. The number of anilines is 1. The Morgan fingerprint density at radius 1 is 1.06 bits per heavy atom. The van der Waals surface area contributed by atoms with Gasteiger partial charge < -0.3 is 5.73 Å². The summed E-state index contributed by atoms with van der Waals surface area (Å²) in [5, 5.41) is 0. The lowest BCUT2D eigenvalue weighted by atomic mass is 10.1. The SMILES string of the molecule is Cc1ccc(N)c(SCCCc2ccccc2)c1. The average Bonchev–Trinajstić information content (AvgIpc) is 2.40. The lowest BCUT2D eigenvalue weighted by molar-refractivity contribution is 0.933. The summed E-state index contributed by atoms with van der Waals surface area (Å²) in [7, 11) is 0. The first-order valence-corrected chi connectivity index (χ1v) is 7.27. The first-order valence-electron chi connectivity index (χ1n) is 6.28. The van der Waals surface area contributed by atoms with Crippen molar-refractivity contribution < 1.29 is 0 Å². The molecule has 94 valence electrons. The van der Waals surface area contributed by atoms with Crippen molar-refractivity contribution in [3.8, 4) is 0 Å². The molecule has 0 fully saturated rings. The minimum Gasteiger partial charge on any atom is -0.398 e. The van der Waals surface area contributed by atoms with E-state index < -0.39 is 0 Å². The Labute approximate surface area is 113 Å². The van der Waals surface area contributed by atoms with Gasteiger partial charge in [-0.25, -0.2) is 0 Å². The zero-order valence-corrected chi connectivity index (χ0v) is 11.5. The smallest absolute Gasteiger partial charge is 0.0452 e. The fourth-order valence-electron chi connectivity index (χ4n) is 1.87. The van der Waals surface area contributed by atoms with Crippen molar-refractivity contribution in [3.05, 3.63) is 59.7 Å². The van der Waals surface area contributed by atoms with Crippen LogP contribution in [0.3, 0.4) is 0 Å². The van der Waals surface area contributed by atoms with Gasteiger partial charge >= 0.3 is 0 Å². The fraction of sp³-hybridized carbons (Fsp3) is 0.250. The van der Waals surface area contributed by atoms with Crippen LogP contribution in [-0.2, 0) is 6.42 Å². The third kappa shape index (κ3) is 3.81. The van der Waals surface area contributed by atoms with Crippen molar-refractivity contribution >= 4 is 17.4 Å². The normalized spacial score (nSPS) is 10.5. The molecule has 2 aromatic rings. The third-order valence-electron chi connectivity index (χ3n) is 2.88. The van der Waals surface area contributed by atoms with Crippen LogP contribution in [0.1, 0.15) is 17.5 Å². The Morgan fingerprint density at radius 2 is 1.83 bits per heavy atom. The molecule has 0 aliphatic carbocycles. The maximum atomic E-state index is 5.96. The summed E-state index contributed by atoms with van der Waals surface area (Å²) in [6.07, 6.45) is 2.32. The van der Waals surface area contributed by atoms with E-state index in [0.29, 0.717) is 0 Å². The predicted octanol–water partition coefficient (Wildman–Crippen LogP) is 4.30. The molecule has 2 N–H and O–H groups in total. The number of nitrogens with two attached hydrogens (primary N) is 1. The number of hydrogen-bond acceptors (Lipinski definition) is 2. The number of benzene rings is 2. The summed E-state index contributed by atoms with van der Waals surface area (Å²) < 4.78 is 0. The second-order valence-electron chi connectivity index (χ2n) is 4.48. The maximum Gasteiger partial charge on any atom is 0.0452 e. The molecule has 0 radical (unpaired) electrons. The van der Waals surface area contributed by atoms with Crippen LogP contribution >= 0.6 is 11.8 Å². The third-order valence-corrected chi connectivity index (χ3v) is 4.04. The highest BCUT2D eigenvalue weighted by Crippen LogP contribution is 2.26. The van der Waals surface area contributed by atoms with Gasteiger partial charge in [0.15, 0.2) is 0 Å². The number of hydrogen-bond donors (Lipinski definition) is 1. The highest BCUT2D eigenvalue weighted by Gasteiger charge is 2.00.